The molecule has 3 atom stereocenters. The van der Waals surface area contributed by atoms with Crippen molar-refractivity contribution in [3.63, 3.8) is 0 Å². The Labute approximate surface area is 366 Å². The van der Waals surface area contributed by atoms with Crippen LogP contribution in [0.25, 0.3) is 0 Å². The van der Waals surface area contributed by atoms with Gasteiger partial charge in [0.05, 0.1) is 25.2 Å². The summed E-state index contributed by atoms with van der Waals surface area (Å²) < 4.78 is 5.89. The van der Waals surface area contributed by atoms with Crippen molar-refractivity contribution in [3.8, 4) is 0 Å². The van der Waals surface area contributed by atoms with Crippen LogP contribution in [0, 0.1) is 0 Å². The zero-order valence-corrected chi connectivity index (χ0v) is 39.1. The molecule has 0 aliphatic carbocycles. The van der Waals surface area contributed by atoms with E-state index in [-0.39, 0.29) is 24.9 Å². The number of amides is 1. The van der Waals surface area contributed by atoms with Crippen LogP contribution in [0.4, 0.5) is 0 Å². The molecule has 0 saturated carbocycles. The van der Waals surface area contributed by atoms with Gasteiger partial charge in [-0.05, 0) is 83.5 Å². The summed E-state index contributed by atoms with van der Waals surface area (Å²) >= 11 is 0. The molecule has 0 fully saturated rings. The van der Waals surface area contributed by atoms with Gasteiger partial charge in [0.25, 0.3) is 0 Å². The Morgan fingerprint density at radius 2 is 0.915 bits per heavy atom. The summed E-state index contributed by atoms with van der Waals surface area (Å²) in [6.45, 7) is 6.34. The van der Waals surface area contributed by atoms with Crippen LogP contribution < -0.4 is 5.32 Å². The van der Waals surface area contributed by atoms with E-state index in [1.54, 1.807) is 0 Å². The number of rotatable bonds is 45. The molecule has 3 N–H and O–H groups in total. The SMILES string of the molecule is CC/C=C/C/C=C/C/C=C/CCCCC(CC(=O)NC(CO)C(O)CCCCCCCCCCCCCCCCCC)OC(=O)CCCCCCC/C=C\CCCCC. The fourth-order valence-corrected chi connectivity index (χ4v) is 7.56. The quantitative estimate of drug-likeness (QED) is 0.0323. The van der Waals surface area contributed by atoms with Gasteiger partial charge in [0.15, 0.2) is 0 Å². The number of unbranched alkanes of at least 4 members (excludes halogenated alkanes) is 25. The van der Waals surface area contributed by atoms with E-state index in [0.29, 0.717) is 19.3 Å². The molecule has 0 spiro atoms. The van der Waals surface area contributed by atoms with Crippen LogP contribution in [-0.2, 0) is 14.3 Å². The highest BCUT2D eigenvalue weighted by Crippen LogP contribution is 2.17. The topological polar surface area (TPSA) is 95.9 Å². The van der Waals surface area contributed by atoms with E-state index in [2.05, 4.69) is 74.7 Å². The van der Waals surface area contributed by atoms with Gasteiger partial charge in [0.1, 0.15) is 6.10 Å². The third-order valence-electron chi connectivity index (χ3n) is 11.4. The molecule has 0 radical (unpaired) electrons. The lowest BCUT2D eigenvalue weighted by atomic mass is 10.0. The molecule has 0 aromatic rings. The third-order valence-corrected chi connectivity index (χ3v) is 11.4. The molecule has 0 saturated heterocycles. The zero-order chi connectivity index (χ0) is 43.1. The summed E-state index contributed by atoms with van der Waals surface area (Å²) in [4.78, 5) is 26.1. The molecule has 6 nitrogen and oxygen atoms in total. The summed E-state index contributed by atoms with van der Waals surface area (Å²) in [7, 11) is 0. The van der Waals surface area contributed by atoms with Gasteiger partial charge >= 0.3 is 5.97 Å². The number of allylic oxidation sites excluding steroid dienone is 8. The number of nitrogens with one attached hydrogen (secondary N) is 1. The van der Waals surface area contributed by atoms with Gasteiger partial charge in [-0.3, -0.25) is 9.59 Å². The zero-order valence-electron chi connectivity index (χ0n) is 39.1. The second kappa shape index (κ2) is 46.9. The van der Waals surface area contributed by atoms with Crippen molar-refractivity contribution in [2.75, 3.05) is 6.61 Å². The molecular formula is C53H97NO5. The Balaban J connectivity index is 4.56. The minimum absolute atomic E-state index is 0.0487. The summed E-state index contributed by atoms with van der Waals surface area (Å²) in [5, 5.41) is 23.8. The van der Waals surface area contributed by atoms with Crippen LogP contribution in [-0.4, -0.2) is 46.9 Å². The highest BCUT2D eigenvalue weighted by Gasteiger charge is 2.24. The maximum Gasteiger partial charge on any atom is 0.306 e. The normalized spacial score (nSPS) is 13.6. The number of aliphatic hydroxyl groups is 2. The van der Waals surface area contributed by atoms with E-state index >= 15 is 0 Å². The Morgan fingerprint density at radius 3 is 1.46 bits per heavy atom. The van der Waals surface area contributed by atoms with Crippen LogP contribution in [0.1, 0.15) is 252 Å². The molecule has 0 heterocycles. The predicted molar refractivity (Wildman–Crippen MR) is 255 cm³/mol. The number of esters is 1. The van der Waals surface area contributed by atoms with Crippen molar-refractivity contribution in [2.45, 2.75) is 270 Å². The van der Waals surface area contributed by atoms with E-state index in [4.69, 9.17) is 4.74 Å². The molecule has 0 rings (SSSR count). The van der Waals surface area contributed by atoms with Crippen molar-refractivity contribution in [3.05, 3.63) is 48.6 Å². The maximum atomic E-state index is 13.2. The highest BCUT2D eigenvalue weighted by atomic mass is 16.5. The molecule has 0 bridgehead atoms. The number of ether oxygens (including phenoxy) is 1. The van der Waals surface area contributed by atoms with E-state index in [1.807, 2.05) is 0 Å². The largest absolute Gasteiger partial charge is 0.462 e. The predicted octanol–water partition coefficient (Wildman–Crippen LogP) is 15.1. The molecular weight excluding hydrogens is 731 g/mol. The van der Waals surface area contributed by atoms with Crippen molar-refractivity contribution in [1.29, 1.82) is 0 Å². The lowest BCUT2D eigenvalue weighted by Crippen LogP contribution is -2.46. The Hall–Kier alpha value is -2.18. The van der Waals surface area contributed by atoms with Crippen molar-refractivity contribution < 1.29 is 24.5 Å². The molecule has 344 valence electrons. The number of carbonyl (C=O) groups is 2. The van der Waals surface area contributed by atoms with Gasteiger partial charge in [-0.15, -0.1) is 0 Å². The average Bonchev–Trinajstić information content (AvgIpc) is 3.23. The number of hydrogen-bond acceptors (Lipinski definition) is 5. The lowest BCUT2D eigenvalue weighted by Gasteiger charge is -2.24. The smallest absolute Gasteiger partial charge is 0.306 e. The number of aliphatic hydroxyl groups excluding tert-OH is 2. The van der Waals surface area contributed by atoms with Crippen LogP contribution in [0.3, 0.4) is 0 Å². The van der Waals surface area contributed by atoms with Crippen LogP contribution >= 0.6 is 0 Å². The Morgan fingerprint density at radius 1 is 0.508 bits per heavy atom. The van der Waals surface area contributed by atoms with Gasteiger partial charge in [0, 0.05) is 6.42 Å². The second-order valence-corrected chi connectivity index (χ2v) is 17.2. The van der Waals surface area contributed by atoms with Crippen LogP contribution in [0.2, 0.25) is 0 Å². The average molecular weight is 828 g/mol. The minimum Gasteiger partial charge on any atom is -0.462 e. The summed E-state index contributed by atoms with van der Waals surface area (Å²) in [6.07, 6.45) is 56.0. The minimum atomic E-state index is -0.798. The Kier molecular flexibility index (Phi) is 45.1. The Bertz CT molecular complexity index is 1020. The second-order valence-electron chi connectivity index (χ2n) is 17.2. The van der Waals surface area contributed by atoms with Crippen LogP contribution in [0.5, 0.6) is 0 Å². The third kappa shape index (κ3) is 42.3. The molecule has 59 heavy (non-hydrogen) atoms. The summed E-state index contributed by atoms with van der Waals surface area (Å²) in [5.41, 5.74) is 0. The van der Waals surface area contributed by atoms with E-state index < -0.39 is 18.2 Å². The lowest BCUT2D eigenvalue weighted by molar-refractivity contribution is -0.151. The molecule has 0 aliphatic heterocycles. The molecule has 3 unspecified atom stereocenters. The molecule has 0 aliphatic rings. The number of carbonyl (C=O) groups excluding carboxylic acids is 2. The van der Waals surface area contributed by atoms with E-state index in [1.165, 1.54) is 122 Å². The fourth-order valence-electron chi connectivity index (χ4n) is 7.56. The fraction of sp³-hybridized carbons (Fsp3) is 0.811. The van der Waals surface area contributed by atoms with E-state index in [0.717, 1.165) is 83.5 Å². The summed E-state index contributed by atoms with van der Waals surface area (Å²) in [6, 6.07) is -0.714. The van der Waals surface area contributed by atoms with Gasteiger partial charge in [-0.1, -0.05) is 204 Å². The van der Waals surface area contributed by atoms with Crippen LogP contribution in [0.15, 0.2) is 48.6 Å². The maximum absolute atomic E-state index is 13.2. The van der Waals surface area contributed by atoms with E-state index in [9.17, 15) is 19.8 Å². The molecule has 6 heteroatoms. The first-order valence-electron chi connectivity index (χ1n) is 25.4. The first kappa shape index (κ1) is 56.8. The van der Waals surface area contributed by atoms with Crippen molar-refractivity contribution in [1.82, 2.24) is 5.32 Å². The standard InChI is InChI=1S/C53H97NO5/c1-4-7-10-13-16-19-22-25-26-27-28-30-33-36-39-42-45-51(56)50(48-55)54-52(57)47-49(44-41-38-35-32-29-23-20-17-14-11-8-5-2)59-53(58)46-43-40-37-34-31-24-21-18-15-12-9-6-3/h8,11,17-18,20-21,29,32,49-51,55-56H,4-7,9-10,12-16,19,22-28,30-31,33-48H2,1-3H3,(H,54,57)/b11-8+,20-17+,21-18-,32-29+. The monoisotopic (exact) mass is 828 g/mol. The van der Waals surface area contributed by atoms with Gasteiger partial charge < -0.3 is 20.3 Å². The van der Waals surface area contributed by atoms with Crippen molar-refractivity contribution in [2.24, 2.45) is 0 Å². The summed E-state index contributed by atoms with van der Waals surface area (Å²) in [5.74, 6) is -0.520. The molecule has 0 aromatic heterocycles. The van der Waals surface area contributed by atoms with Gasteiger partial charge in [0.2, 0.25) is 5.91 Å². The van der Waals surface area contributed by atoms with Gasteiger partial charge in [-0.25, -0.2) is 0 Å². The molecule has 1 amide bonds. The highest BCUT2D eigenvalue weighted by molar-refractivity contribution is 5.77. The van der Waals surface area contributed by atoms with Gasteiger partial charge in [-0.2, -0.15) is 0 Å². The number of hydrogen-bond donors (Lipinski definition) is 3. The first-order chi connectivity index (χ1) is 29.0. The first-order valence-corrected chi connectivity index (χ1v) is 25.4. The van der Waals surface area contributed by atoms with Crippen molar-refractivity contribution >= 4 is 11.9 Å². The molecule has 0 aromatic carbocycles.